The third-order valence-corrected chi connectivity index (χ3v) is 4.00. The zero-order chi connectivity index (χ0) is 18.4. The molecule has 1 aliphatic rings. The van der Waals surface area contributed by atoms with Gasteiger partial charge in [0.05, 0.1) is 6.54 Å². The Labute approximate surface area is 143 Å². The second-order valence-corrected chi connectivity index (χ2v) is 7.15. The van der Waals surface area contributed by atoms with Crippen LogP contribution < -0.4 is 5.32 Å². The van der Waals surface area contributed by atoms with Gasteiger partial charge in [0, 0.05) is 5.92 Å². The van der Waals surface area contributed by atoms with Crippen LogP contribution in [0.3, 0.4) is 0 Å². The lowest BCUT2D eigenvalue weighted by atomic mass is 10.1. The minimum Gasteiger partial charge on any atom is -0.444 e. The van der Waals surface area contributed by atoms with Gasteiger partial charge in [-0.15, -0.1) is 0 Å². The van der Waals surface area contributed by atoms with Crippen LogP contribution in [-0.2, 0) is 28.9 Å². The van der Waals surface area contributed by atoms with Gasteiger partial charge in [-0.05, 0) is 44.7 Å². The van der Waals surface area contributed by atoms with E-state index in [-0.39, 0.29) is 47.4 Å². The Morgan fingerprint density at radius 3 is 2.56 bits per heavy atom. The molecule has 0 radical (unpaired) electrons. The number of halogens is 2. The van der Waals surface area contributed by atoms with E-state index in [0.29, 0.717) is 0 Å². The molecule has 1 atom stereocenters. The molecule has 0 fully saturated rings. The van der Waals surface area contributed by atoms with Gasteiger partial charge in [-0.1, -0.05) is 0 Å². The quantitative estimate of drug-likeness (QED) is 0.833. The van der Waals surface area contributed by atoms with Crippen molar-refractivity contribution >= 4 is 23.4 Å². The monoisotopic (exact) mass is 351 g/mol. The number of nitrogens with zero attached hydrogens (tertiary/aromatic N) is 1. The molecule has 1 heterocycles. The van der Waals surface area contributed by atoms with Crippen molar-refractivity contribution in [2.75, 3.05) is 0 Å². The van der Waals surface area contributed by atoms with Crippen LogP contribution in [0, 0.1) is 17.6 Å². The molecular formula is C17H19F2N3O3. The fourth-order valence-corrected chi connectivity index (χ4v) is 2.97. The topological polar surface area (TPSA) is 84.1 Å². The van der Waals surface area contributed by atoms with Crippen LogP contribution in [0.2, 0.25) is 0 Å². The van der Waals surface area contributed by atoms with E-state index < -0.39 is 29.2 Å². The largest absolute Gasteiger partial charge is 0.444 e. The summed E-state index contributed by atoms with van der Waals surface area (Å²) in [6.07, 6.45) is 0.430. The Balaban J connectivity index is 1.85. The first-order valence-electron chi connectivity index (χ1n) is 7.99. The number of hydrogen-bond acceptors (Lipinski definition) is 4. The molecular weight excluding hydrogens is 332 g/mol. The third-order valence-electron chi connectivity index (χ3n) is 4.00. The molecule has 1 amide bonds. The van der Waals surface area contributed by atoms with E-state index in [1.165, 1.54) is 0 Å². The van der Waals surface area contributed by atoms with Gasteiger partial charge >= 0.3 is 6.09 Å². The number of carbonyl (C=O) groups excluding carboxylic acids is 2. The number of alkyl carbamates (subject to hydrolysis) is 1. The molecule has 134 valence electrons. The fourth-order valence-electron chi connectivity index (χ4n) is 2.97. The lowest BCUT2D eigenvalue weighted by Gasteiger charge is -2.19. The highest BCUT2D eigenvalue weighted by atomic mass is 19.1. The summed E-state index contributed by atoms with van der Waals surface area (Å²) in [4.78, 5) is 29.3. The van der Waals surface area contributed by atoms with Gasteiger partial charge < -0.3 is 19.8 Å². The van der Waals surface area contributed by atoms with Gasteiger partial charge in [0.15, 0.2) is 11.6 Å². The van der Waals surface area contributed by atoms with Crippen LogP contribution >= 0.6 is 0 Å². The number of carbonyl (C=O) groups is 2. The molecule has 1 aromatic heterocycles. The molecule has 6 nitrogen and oxygen atoms in total. The highest BCUT2D eigenvalue weighted by Gasteiger charge is 2.31. The number of imidazole rings is 1. The average molecular weight is 351 g/mol. The molecule has 0 saturated heterocycles. The van der Waals surface area contributed by atoms with Crippen LogP contribution in [0.1, 0.15) is 37.7 Å². The van der Waals surface area contributed by atoms with Crippen molar-refractivity contribution in [3.63, 3.8) is 0 Å². The summed E-state index contributed by atoms with van der Waals surface area (Å²) >= 11 is 0. The second-order valence-electron chi connectivity index (χ2n) is 7.15. The Kier molecular flexibility index (Phi) is 4.22. The van der Waals surface area contributed by atoms with E-state index in [1.807, 2.05) is 0 Å². The first-order chi connectivity index (χ1) is 11.7. The van der Waals surface area contributed by atoms with Crippen molar-refractivity contribution < 1.29 is 23.1 Å². The van der Waals surface area contributed by atoms with Crippen molar-refractivity contribution in [3.05, 3.63) is 28.6 Å². The number of benzene rings is 1. The van der Waals surface area contributed by atoms with Gasteiger partial charge in [-0.2, -0.15) is 0 Å². The summed E-state index contributed by atoms with van der Waals surface area (Å²) in [6.45, 7) is 5.13. The number of aromatic nitrogens is 2. The summed E-state index contributed by atoms with van der Waals surface area (Å²) in [5, 5.41) is 2.48. The smallest absolute Gasteiger partial charge is 0.408 e. The van der Waals surface area contributed by atoms with Gasteiger partial charge in [0.1, 0.15) is 28.7 Å². The Morgan fingerprint density at radius 1 is 1.32 bits per heavy atom. The van der Waals surface area contributed by atoms with Gasteiger partial charge in [-0.25, -0.2) is 18.6 Å². The predicted octanol–water partition coefficient (Wildman–Crippen LogP) is 2.78. The average Bonchev–Trinajstić information content (AvgIpc) is 3.13. The van der Waals surface area contributed by atoms with Crippen LogP contribution in [0.4, 0.5) is 13.6 Å². The maximum atomic E-state index is 14.6. The van der Waals surface area contributed by atoms with Crippen molar-refractivity contribution in [3.8, 4) is 0 Å². The summed E-state index contributed by atoms with van der Waals surface area (Å²) in [7, 11) is 0. The molecule has 2 N–H and O–H groups in total. The zero-order valence-electron chi connectivity index (χ0n) is 14.2. The van der Waals surface area contributed by atoms with E-state index in [2.05, 4.69) is 15.3 Å². The van der Waals surface area contributed by atoms with Gasteiger partial charge in [0.25, 0.3) is 0 Å². The predicted molar refractivity (Wildman–Crippen MR) is 86.0 cm³/mol. The van der Waals surface area contributed by atoms with E-state index in [9.17, 15) is 18.4 Å². The standard InChI is InChI=1S/C17H19F2N3O3/c1-17(2,3)25-16(24)20-6-11-21-14-12(18)9-4-8(7-23)5-10(9)13(19)15(14)22-11/h7-8H,4-6H2,1-3H3,(H,20,24)(H,21,22). The Bertz CT molecular complexity index is 806. The molecule has 0 spiro atoms. The Morgan fingerprint density at radius 2 is 1.96 bits per heavy atom. The van der Waals surface area contributed by atoms with Crippen molar-refractivity contribution in [1.29, 1.82) is 0 Å². The summed E-state index contributed by atoms with van der Waals surface area (Å²) in [6, 6.07) is 0. The fraction of sp³-hybridized carbons (Fsp3) is 0.471. The molecule has 3 rings (SSSR count). The molecule has 2 aromatic rings. The van der Waals surface area contributed by atoms with Crippen LogP contribution in [-0.4, -0.2) is 27.9 Å². The maximum Gasteiger partial charge on any atom is 0.408 e. The van der Waals surface area contributed by atoms with Crippen LogP contribution in [0.15, 0.2) is 0 Å². The number of aromatic amines is 1. The maximum absolute atomic E-state index is 14.6. The number of ether oxygens (including phenoxy) is 1. The molecule has 0 saturated carbocycles. The summed E-state index contributed by atoms with van der Waals surface area (Å²) in [5.74, 6) is -1.39. The number of aldehydes is 1. The van der Waals surface area contributed by atoms with Crippen molar-refractivity contribution in [2.45, 2.75) is 45.8 Å². The van der Waals surface area contributed by atoms with Crippen LogP contribution in [0.5, 0.6) is 0 Å². The van der Waals surface area contributed by atoms with Crippen molar-refractivity contribution in [2.24, 2.45) is 5.92 Å². The lowest BCUT2D eigenvalue weighted by molar-refractivity contribution is -0.110. The lowest BCUT2D eigenvalue weighted by Crippen LogP contribution is -2.32. The minimum atomic E-state index is -0.648. The number of nitrogens with one attached hydrogen (secondary N) is 2. The van der Waals surface area contributed by atoms with Crippen molar-refractivity contribution in [1.82, 2.24) is 15.3 Å². The zero-order valence-corrected chi connectivity index (χ0v) is 14.2. The SMILES string of the molecule is CC(C)(C)OC(=O)NCc1nc2c(F)c3c(c(F)c2[nH]1)CC(C=O)C3. The molecule has 25 heavy (non-hydrogen) atoms. The number of amides is 1. The molecule has 1 aliphatic carbocycles. The van der Waals surface area contributed by atoms with E-state index in [1.54, 1.807) is 20.8 Å². The van der Waals surface area contributed by atoms with E-state index >= 15 is 0 Å². The molecule has 8 heteroatoms. The highest BCUT2D eigenvalue weighted by molar-refractivity contribution is 5.80. The minimum absolute atomic E-state index is 0.0515. The van der Waals surface area contributed by atoms with Gasteiger partial charge in [-0.3, -0.25) is 0 Å². The first-order valence-corrected chi connectivity index (χ1v) is 7.99. The number of hydrogen-bond donors (Lipinski definition) is 2. The normalized spacial score (nSPS) is 14.6. The second kappa shape index (κ2) is 6.09. The molecule has 0 bridgehead atoms. The third kappa shape index (κ3) is 3.33. The number of H-pyrrole nitrogens is 1. The molecule has 1 aromatic carbocycles. The van der Waals surface area contributed by atoms with E-state index in [4.69, 9.17) is 4.74 Å². The first kappa shape index (κ1) is 17.3. The number of rotatable bonds is 3. The molecule has 0 aliphatic heterocycles. The highest BCUT2D eigenvalue weighted by Crippen LogP contribution is 2.35. The summed E-state index contributed by atoms with van der Waals surface area (Å²) < 4.78 is 34.3. The van der Waals surface area contributed by atoms with E-state index in [0.717, 1.165) is 6.29 Å². The summed E-state index contributed by atoms with van der Waals surface area (Å²) in [5.41, 5.74) is -0.392. The number of fused-ring (bicyclic) bond motifs is 2. The Hall–Kier alpha value is -2.51. The van der Waals surface area contributed by atoms with Crippen LogP contribution in [0.25, 0.3) is 11.0 Å². The van der Waals surface area contributed by atoms with Gasteiger partial charge in [0.2, 0.25) is 0 Å². The molecule has 1 unspecified atom stereocenters.